The summed E-state index contributed by atoms with van der Waals surface area (Å²) in [4.78, 5) is 24.3. The van der Waals surface area contributed by atoms with E-state index in [1.807, 2.05) is 0 Å². The Bertz CT molecular complexity index is 827. The average molecular weight is 367 g/mol. The first kappa shape index (κ1) is 15.8. The third kappa shape index (κ3) is 1.58. The second-order valence-corrected chi connectivity index (χ2v) is 11.5. The minimum atomic E-state index is -0.131. The molecule has 27 heavy (non-hydrogen) atoms. The van der Waals surface area contributed by atoms with Crippen LogP contribution in [0.15, 0.2) is 11.6 Å². The van der Waals surface area contributed by atoms with E-state index < -0.39 is 0 Å². The van der Waals surface area contributed by atoms with Crippen LogP contribution in [0.1, 0.15) is 65.2 Å². The molecule has 1 saturated heterocycles. The van der Waals surface area contributed by atoms with Crippen LogP contribution in [0.2, 0.25) is 0 Å². The first-order valence-electron chi connectivity index (χ1n) is 11.4. The fourth-order valence-electron chi connectivity index (χ4n) is 9.74. The summed E-state index contributed by atoms with van der Waals surface area (Å²) in [6, 6.07) is 0. The molecule has 0 aromatic carbocycles. The van der Waals surface area contributed by atoms with E-state index in [4.69, 9.17) is 4.74 Å². The van der Waals surface area contributed by atoms with Crippen molar-refractivity contribution in [3.8, 4) is 0 Å². The largest absolute Gasteiger partial charge is 0.458 e. The zero-order valence-electron chi connectivity index (χ0n) is 16.5. The lowest BCUT2D eigenvalue weighted by Crippen LogP contribution is -2.57. The SMILES string of the molecule is C[C@]12CCC(=O)C=C1[C@@H]1C[C@@H]1[C@H]1[C@@H]3[C@@H]4C[C@@H]4C4(CCC(=O)O4)[C@@]3(C)CC[C@@H]12. The lowest BCUT2D eigenvalue weighted by Gasteiger charge is -2.60. The Morgan fingerprint density at radius 1 is 1.00 bits per heavy atom. The minimum Gasteiger partial charge on any atom is -0.458 e. The molecule has 1 spiro atoms. The second kappa shape index (κ2) is 4.39. The molecule has 1 heterocycles. The highest BCUT2D eigenvalue weighted by Gasteiger charge is 2.81. The van der Waals surface area contributed by atoms with Gasteiger partial charge in [0, 0.05) is 24.2 Å². The molecule has 6 aliphatic carbocycles. The van der Waals surface area contributed by atoms with E-state index >= 15 is 0 Å². The number of esters is 1. The summed E-state index contributed by atoms with van der Waals surface area (Å²) in [6.07, 6.45) is 10.6. The van der Waals surface area contributed by atoms with Crippen molar-refractivity contribution in [2.45, 2.75) is 70.8 Å². The molecule has 0 radical (unpaired) electrons. The van der Waals surface area contributed by atoms with E-state index in [9.17, 15) is 9.59 Å². The summed E-state index contributed by atoms with van der Waals surface area (Å²) >= 11 is 0. The fourth-order valence-corrected chi connectivity index (χ4v) is 9.74. The van der Waals surface area contributed by atoms with Crippen molar-refractivity contribution >= 4 is 11.8 Å². The molecule has 0 aromatic rings. The van der Waals surface area contributed by atoms with Crippen LogP contribution in [0.5, 0.6) is 0 Å². The third-order valence-corrected chi connectivity index (χ3v) is 10.9. The summed E-state index contributed by atoms with van der Waals surface area (Å²) in [7, 11) is 0. The van der Waals surface area contributed by atoms with Crippen LogP contribution in [0.4, 0.5) is 0 Å². The van der Waals surface area contributed by atoms with Crippen molar-refractivity contribution in [1.82, 2.24) is 0 Å². The highest BCUT2D eigenvalue weighted by Crippen LogP contribution is 2.82. The highest BCUT2D eigenvalue weighted by atomic mass is 16.6. The zero-order valence-corrected chi connectivity index (χ0v) is 16.5. The molecule has 1 unspecified atom stereocenters. The lowest BCUT2D eigenvalue weighted by atomic mass is 9.45. The van der Waals surface area contributed by atoms with Gasteiger partial charge in [0.2, 0.25) is 0 Å². The quantitative estimate of drug-likeness (QED) is 0.600. The molecule has 0 N–H and O–H groups in total. The standard InChI is InChI=1S/C24H30O3/c1-22-6-3-12(25)9-17(22)13-10-14(13)20-16(22)4-7-23(2)21(20)15-11-18(15)24(23)8-5-19(26)27-24/h9,13-16,18,20-21H,3-8,10-11H2,1-2H3/t13-,14+,15-,16+,18+,20-,21+,22-,23+,24?/m1/s1. The van der Waals surface area contributed by atoms with E-state index in [0.29, 0.717) is 24.0 Å². The number of ether oxygens (including phenoxy) is 1. The maximum Gasteiger partial charge on any atom is 0.306 e. The summed E-state index contributed by atoms with van der Waals surface area (Å²) in [5.74, 6) is 5.65. The van der Waals surface area contributed by atoms with Crippen LogP contribution in [0.3, 0.4) is 0 Å². The van der Waals surface area contributed by atoms with Gasteiger partial charge >= 0.3 is 5.97 Å². The van der Waals surface area contributed by atoms with Gasteiger partial charge in [-0.3, -0.25) is 9.59 Å². The smallest absolute Gasteiger partial charge is 0.306 e. The number of carbonyl (C=O) groups excluding carboxylic acids is 2. The summed E-state index contributed by atoms with van der Waals surface area (Å²) < 4.78 is 6.22. The molecule has 0 amide bonds. The number of ketones is 1. The van der Waals surface area contributed by atoms with Crippen LogP contribution in [-0.4, -0.2) is 17.4 Å². The number of rotatable bonds is 0. The molecule has 3 nitrogen and oxygen atoms in total. The molecular formula is C24H30O3. The van der Waals surface area contributed by atoms with Gasteiger partial charge < -0.3 is 4.74 Å². The first-order valence-corrected chi connectivity index (χ1v) is 11.4. The molecule has 0 aromatic heterocycles. The van der Waals surface area contributed by atoms with Gasteiger partial charge in [0.1, 0.15) is 5.60 Å². The number of fused-ring (bicyclic) bond motifs is 12. The van der Waals surface area contributed by atoms with Gasteiger partial charge in [-0.25, -0.2) is 0 Å². The van der Waals surface area contributed by atoms with Gasteiger partial charge in [-0.1, -0.05) is 19.4 Å². The van der Waals surface area contributed by atoms with Crippen molar-refractivity contribution in [3.63, 3.8) is 0 Å². The normalized spacial score (nSPS) is 62.0. The van der Waals surface area contributed by atoms with Gasteiger partial charge in [0.15, 0.2) is 5.78 Å². The molecule has 5 saturated carbocycles. The van der Waals surface area contributed by atoms with E-state index in [2.05, 4.69) is 19.9 Å². The highest BCUT2D eigenvalue weighted by molar-refractivity contribution is 5.92. The molecule has 7 rings (SSSR count). The van der Waals surface area contributed by atoms with Crippen molar-refractivity contribution in [1.29, 1.82) is 0 Å². The lowest BCUT2D eigenvalue weighted by molar-refractivity contribution is -0.177. The van der Waals surface area contributed by atoms with Crippen molar-refractivity contribution in [2.24, 2.45) is 52.3 Å². The van der Waals surface area contributed by atoms with Gasteiger partial charge in [-0.2, -0.15) is 0 Å². The Morgan fingerprint density at radius 2 is 1.85 bits per heavy atom. The molecule has 1 aliphatic heterocycles. The van der Waals surface area contributed by atoms with Crippen molar-refractivity contribution in [2.75, 3.05) is 0 Å². The Kier molecular flexibility index (Phi) is 2.56. The van der Waals surface area contributed by atoms with Crippen molar-refractivity contribution in [3.05, 3.63) is 11.6 Å². The Balaban J connectivity index is 1.33. The Labute approximate surface area is 161 Å². The van der Waals surface area contributed by atoms with E-state index in [1.165, 1.54) is 31.3 Å². The fraction of sp³-hybridized carbons (Fsp3) is 0.833. The first-order chi connectivity index (χ1) is 12.9. The Morgan fingerprint density at radius 3 is 2.63 bits per heavy atom. The molecule has 7 aliphatic rings. The molecule has 3 heteroatoms. The number of hydrogen-bond donors (Lipinski definition) is 0. The van der Waals surface area contributed by atoms with Gasteiger partial charge in [0.05, 0.1) is 0 Å². The predicted molar refractivity (Wildman–Crippen MR) is 99.5 cm³/mol. The maximum atomic E-state index is 12.2. The second-order valence-electron chi connectivity index (χ2n) is 11.5. The van der Waals surface area contributed by atoms with E-state index in [1.54, 1.807) is 0 Å². The molecular weight excluding hydrogens is 336 g/mol. The average Bonchev–Trinajstić information content (AvgIpc) is 3.53. The predicted octanol–water partition coefficient (Wildman–Crippen LogP) is 4.31. The molecule has 10 atom stereocenters. The van der Waals surface area contributed by atoms with Gasteiger partial charge in [0.25, 0.3) is 0 Å². The summed E-state index contributed by atoms with van der Waals surface area (Å²) in [5.41, 5.74) is 1.85. The Hall–Kier alpha value is -1.12. The summed E-state index contributed by atoms with van der Waals surface area (Å²) in [5, 5.41) is 0. The van der Waals surface area contributed by atoms with E-state index in [-0.39, 0.29) is 22.4 Å². The van der Waals surface area contributed by atoms with Crippen LogP contribution >= 0.6 is 0 Å². The van der Waals surface area contributed by atoms with Crippen LogP contribution in [0, 0.1) is 52.3 Å². The van der Waals surface area contributed by atoms with Gasteiger partial charge in [-0.05, 0) is 85.5 Å². The van der Waals surface area contributed by atoms with Crippen LogP contribution < -0.4 is 0 Å². The number of hydrogen-bond acceptors (Lipinski definition) is 3. The topological polar surface area (TPSA) is 43.4 Å². The molecule has 144 valence electrons. The van der Waals surface area contributed by atoms with E-state index in [0.717, 1.165) is 48.9 Å². The number of carbonyl (C=O) groups is 2. The molecule has 6 fully saturated rings. The molecule has 0 bridgehead atoms. The summed E-state index contributed by atoms with van der Waals surface area (Å²) in [6.45, 7) is 4.99. The van der Waals surface area contributed by atoms with Crippen LogP contribution in [-0.2, 0) is 14.3 Å². The maximum absolute atomic E-state index is 12.2. The van der Waals surface area contributed by atoms with Crippen molar-refractivity contribution < 1.29 is 14.3 Å². The van der Waals surface area contributed by atoms with Gasteiger partial charge in [-0.15, -0.1) is 0 Å². The van der Waals surface area contributed by atoms with Crippen LogP contribution in [0.25, 0.3) is 0 Å². The zero-order chi connectivity index (χ0) is 18.3. The number of allylic oxidation sites excluding steroid dienone is 1. The minimum absolute atomic E-state index is 0.0561. The monoisotopic (exact) mass is 366 g/mol. The third-order valence-electron chi connectivity index (χ3n) is 10.9.